The third-order valence-electron chi connectivity index (χ3n) is 1.45. The van der Waals surface area contributed by atoms with E-state index in [1.54, 1.807) is 0 Å². The van der Waals surface area contributed by atoms with Gasteiger partial charge < -0.3 is 5.32 Å². The molecule has 2 heteroatoms. The van der Waals surface area contributed by atoms with E-state index in [-0.39, 0.29) is 0 Å². The Morgan fingerprint density at radius 1 is 1.18 bits per heavy atom. The summed E-state index contributed by atoms with van der Waals surface area (Å²) in [4.78, 5) is 2.31. The van der Waals surface area contributed by atoms with Gasteiger partial charge in [-0.3, -0.25) is 4.90 Å². The van der Waals surface area contributed by atoms with E-state index in [4.69, 9.17) is 0 Å². The minimum Gasteiger partial charge on any atom is -0.302 e. The molecule has 0 aliphatic carbocycles. The van der Waals surface area contributed by atoms with Crippen molar-refractivity contribution in [3.05, 3.63) is 0 Å². The second-order valence-corrected chi connectivity index (χ2v) is 3.95. The molecule has 0 saturated heterocycles. The Hall–Kier alpha value is -0.0800. The lowest BCUT2D eigenvalue weighted by atomic mass is 10.2. The molecular weight excluding hydrogens is 136 g/mol. The van der Waals surface area contributed by atoms with E-state index in [9.17, 15) is 0 Å². The molecule has 0 fully saturated rings. The number of nitrogens with zero attached hydrogens (tertiary/aromatic N) is 1. The van der Waals surface area contributed by atoms with Crippen LogP contribution in [0, 0.1) is 5.92 Å². The predicted molar refractivity (Wildman–Crippen MR) is 50.6 cm³/mol. The Morgan fingerprint density at radius 2 is 1.73 bits per heavy atom. The number of hydrogen-bond acceptors (Lipinski definition) is 2. The van der Waals surface area contributed by atoms with Crippen LogP contribution in [0.4, 0.5) is 0 Å². The zero-order chi connectivity index (χ0) is 8.85. The van der Waals surface area contributed by atoms with Crippen molar-refractivity contribution in [1.82, 2.24) is 10.2 Å². The SMILES string of the molecule is CC(C)CN(C)CNC(C)C. The van der Waals surface area contributed by atoms with Crippen LogP contribution in [0.25, 0.3) is 0 Å². The molecule has 0 rings (SSSR count). The summed E-state index contributed by atoms with van der Waals surface area (Å²) >= 11 is 0. The summed E-state index contributed by atoms with van der Waals surface area (Å²) in [5.74, 6) is 0.758. The summed E-state index contributed by atoms with van der Waals surface area (Å²) in [5.41, 5.74) is 0. The lowest BCUT2D eigenvalue weighted by Gasteiger charge is -2.20. The van der Waals surface area contributed by atoms with Gasteiger partial charge in [0.25, 0.3) is 0 Å². The van der Waals surface area contributed by atoms with Crippen molar-refractivity contribution in [1.29, 1.82) is 0 Å². The first-order chi connectivity index (χ1) is 5.02. The smallest absolute Gasteiger partial charge is 0.0479 e. The third-order valence-corrected chi connectivity index (χ3v) is 1.45. The van der Waals surface area contributed by atoms with Gasteiger partial charge in [-0.05, 0) is 26.8 Å². The van der Waals surface area contributed by atoms with E-state index in [0.29, 0.717) is 6.04 Å². The zero-order valence-corrected chi connectivity index (χ0v) is 8.52. The Kier molecular flexibility index (Phi) is 5.51. The molecule has 68 valence electrons. The van der Waals surface area contributed by atoms with E-state index in [0.717, 1.165) is 12.6 Å². The second-order valence-electron chi connectivity index (χ2n) is 3.95. The Balaban J connectivity index is 3.29. The van der Waals surface area contributed by atoms with Gasteiger partial charge in [-0.1, -0.05) is 13.8 Å². The summed E-state index contributed by atoms with van der Waals surface area (Å²) in [5, 5.41) is 3.38. The summed E-state index contributed by atoms with van der Waals surface area (Å²) in [6.45, 7) is 11.0. The molecule has 0 unspecified atom stereocenters. The Bertz CT molecular complexity index is 89.6. The van der Waals surface area contributed by atoms with Gasteiger partial charge in [0.1, 0.15) is 0 Å². The van der Waals surface area contributed by atoms with Gasteiger partial charge in [-0.15, -0.1) is 0 Å². The number of hydrogen-bond donors (Lipinski definition) is 1. The topological polar surface area (TPSA) is 15.3 Å². The van der Waals surface area contributed by atoms with Crippen LogP contribution >= 0.6 is 0 Å². The number of nitrogens with one attached hydrogen (secondary N) is 1. The minimum atomic E-state index is 0.588. The fourth-order valence-electron chi connectivity index (χ4n) is 1.03. The van der Waals surface area contributed by atoms with Crippen LogP contribution in [-0.2, 0) is 0 Å². The highest BCUT2D eigenvalue weighted by Gasteiger charge is 2.00. The first-order valence-corrected chi connectivity index (χ1v) is 4.44. The average molecular weight is 158 g/mol. The van der Waals surface area contributed by atoms with Gasteiger partial charge in [0.2, 0.25) is 0 Å². The first-order valence-electron chi connectivity index (χ1n) is 4.44. The quantitative estimate of drug-likeness (QED) is 0.610. The molecule has 11 heavy (non-hydrogen) atoms. The van der Waals surface area contributed by atoms with Crippen LogP contribution in [0.2, 0.25) is 0 Å². The molecule has 0 heterocycles. The standard InChI is InChI=1S/C9H22N2/c1-8(2)6-11(5)7-10-9(3)4/h8-10H,6-7H2,1-5H3. The van der Waals surface area contributed by atoms with Gasteiger partial charge in [-0.25, -0.2) is 0 Å². The summed E-state index contributed by atoms with van der Waals surface area (Å²) in [6.07, 6.45) is 0. The molecule has 0 atom stereocenters. The first kappa shape index (κ1) is 10.9. The van der Waals surface area contributed by atoms with Crippen molar-refractivity contribution >= 4 is 0 Å². The summed E-state index contributed by atoms with van der Waals surface area (Å²) in [6, 6.07) is 0.588. The Morgan fingerprint density at radius 3 is 2.09 bits per heavy atom. The van der Waals surface area contributed by atoms with Gasteiger partial charge in [0.05, 0.1) is 0 Å². The van der Waals surface area contributed by atoms with Gasteiger partial charge >= 0.3 is 0 Å². The second kappa shape index (κ2) is 5.56. The summed E-state index contributed by atoms with van der Waals surface area (Å²) < 4.78 is 0. The molecule has 0 spiro atoms. The van der Waals surface area contributed by atoms with E-state index in [1.807, 2.05) is 0 Å². The molecule has 0 aliphatic heterocycles. The van der Waals surface area contributed by atoms with E-state index in [2.05, 4.69) is 45.0 Å². The molecular formula is C9H22N2. The van der Waals surface area contributed by atoms with Crippen molar-refractivity contribution < 1.29 is 0 Å². The van der Waals surface area contributed by atoms with Crippen LogP contribution < -0.4 is 5.32 Å². The highest BCUT2D eigenvalue weighted by Crippen LogP contribution is 1.93. The van der Waals surface area contributed by atoms with E-state index in [1.165, 1.54) is 6.54 Å². The van der Waals surface area contributed by atoms with Crippen molar-refractivity contribution in [2.24, 2.45) is 5.92 Å². The maximum absolute atomic E-state index is 3.38. The lowest BCUT2D eigenvalue weighted by molar-refractivity contribution is 0.265. The van der Waals surface area contributed by atoms with Crippen LogP contribution in [0.5, 0.6) is 0 Å². The predicted octanol–water partition coefficient (Wildman–Crippen LogP) is 1.53. The average Bonchev–Trinajstić information content (AvgIpc) is 1.82. The largest absolute Gasteiger partial charge is 0.302 e. The molecule has 0 radical (unpaired) electrons. The fraction of sp³-hybridized carbons (Fsp3) is 1.00. The van der Waals surface area contributed by atoms with Crippen LogP contribution in [0.15, 0.2) is 0 Å². The maximum atomic E-state index is 3.38. The van der Waals surface area contributed by atoms with Crippen molar-refractivity contribution in [2.75, 3.05) is 20.3 Å². The minimum absolute atomic E-state index is 0.588. The normalized spacial score (nSPS) is 12.0. The molecule has 0 bridgehead atoms. The van der Waals surface area contributed by atoms with Gasteiger partial charge in [0, 0.05) is 19.3 Å². The highest BCUT2D eigenvalue weighted by molar-refractivity contribution is 4.55. The molecule has 0 aromatic heterocycles. The van der Waals surface area contributed by atoms with Crippen molar-refractivity contribution in [2.45, 2.75) is 33.7 Å². The highest BCUT2D eigenvalue weighted by atomic mass is 15.2. The third kappa shape index (κ3) is 7.82. The molecule has 1 N–H and O–H groups in total. The van der Waals surface area contributed by atoms with Gasteiger partial charge in [0.15, 0.2) is 0 Å². The van der Waals surface area contributed by atoms with Gasteiger partial charge in [-0.2, -0.15) is 0 Å². The van der Waals surface area contributed by atoms with E-state index < -0.39 is 0 Å². The molecule has 0 amide bonds. The monoisotopic (exact) mass is 158 g/mol. The number of rotatable bonds is 5. The molecule has 0 saturated carbocycles. The van der Waals surface area contributed by atoms with Crippen LogP contribution in [0.1, 0.15) is 27.7 Å². The van der Waals surface area contributed by atoms with Crippen LogP contribution in [-0.4, -0.2) is 31.2 Å². The summed E-state index contributed by atoms with van der Waals surface area (Å²) in [7, 11) is 2.15. The van der Waals surface area contributed by atoms with Crippen molar-refractivity contribution in [3.8, 4) is 0 Å². The molecule has 2 nitrogen and oxygen atoms in total. The van der Waals surface area contributed by atoms with Crippen LogP contribution in [0.3, 0.4) is 0 Å². The maximum Gasteiger partial charge on any atom is 0.0479 e. The zero-order valence-electron chi connectivity index (χ0n) is 8.52. The van der Waals surface area contributed by atoms with Crippen molar-refractivity contribution in [3.63, 3.8) is 0 Å². The molecule has 0 aromatic rings. The molecule has 0 aliphatic rings. The lowest BCUT2D eigenvalue weighted by Crippen LogP contribution is -2.36. The molecule has 0 aromatic carbocycles. The fourth-order valence-corrected chi connectivity index (χ4v) is 1.03. The Labute approximate surface area is 71.0 Å². The van der Waals surface area contributed by atoms with E-state index >= 15 is 0 Å².